The molecule has 0 saturated heterocycles. The lowest BCUT2D eigenvalue weighted by Gasteiger charge is -2.34. The minimum Gasteiger partial charge on any atom is -0.310 e. The maximum absolute atomic E-state index is 2.46. The van der Waals surface area contributed by atoms with Crippen LogP contribution < -0.4 is 4.90 Å². The molecule has 1 heteroatoms. The van der Waals surface area contributed by atoms with Crippen LogP contribution in [-0.2, 0) is 5.41 Å². The molecule has 0 aromatic heterocycles. The molecule has 0 N–H and O–H groups in total. The van der Waals surface area contributed by atoms with Crippen LogP contribution >= 0.6 is 0 Å². The lowest BCUT2D eigenvalue weighted by Crippen LogP contribution is -2.28. The second-order valence-electron chi connectivity index (χ2n) is 16.0. The van der Waals surface area contributed by atoms with Gasteiger partial charge in [-0.05, 0) is 119 Å². The molecule has 11 aromatic carbocycles. The number of hydrogen-bond donors (Lipinski definition) is 0. The first-order valence-electron chi connectivity index (χ1n) is 20.8. The summed E-state index contributed by atoms with van der Waals surface area (Å²) in [6.45, 7) is 0. The molecule has 11 aromatic rings. The second-order valence-corrected chi connectivity index (χ2v) is 16.0. The van der Waals surface area contributed by atoms with E-state index in [2.05, 4.69) is 241 Å². The van der Waals surface area contributed by atoms with Crippen molar-refractivity contribution >= 4 is 60.2 Å². The minimum absolute atomic E-state index is 0.496. The van der Waals surface area contributed by atoms with Gasteiger partial charge in [0.15, 0.2) is 0 Å². The summed E-state index contributed by atoms with van der Waals surface area (Å²) in [5.41, 5.74) is 13.0. The molecule has 0 fully saturated rings. The fourth-order valence-electron chi connectivity index (χ4n) is 10.3. The molecule has 1 aliphatic carbocycles. The highest BCUT2D eigenvalue weighted by molar-refractivity contribution is 6.14. The van der Waals surface area contributed by atoms with Gasteiger partial charge in [0.2, 0.25) is 0 Å². The average molecular weight is 762 g/mol. The average Bonchev–Trinajstić information content (AvgIpc) is 3.63. The maximum atomic E-state index is 2.46. The van der Waals surface area contributed by atoms with Gasteiger partial charge in [-0.25, -0.2) is 0 Å². The van der Waals surface area contributed by atoms with Gasteiger partial charge in [-0.15, -0.1) is 0 Å². The fraction of sp³-hybridized carbons (Fsp3) is 0.0169. The van der Waals surface area contributed by atoms with Gasteiger partial charge in [0, 0.05) is 16.8 Å². The zero-order chi connectivity index (χ0) is 39.6. The van der Waals surface area contributed by atoms with Gasteiger partial charge in [-0.1, -0.05) is 200 Å². The molecule has 0 unspecified atom stereocenters. The Morgan fingerprint density at radius 1 is 0.300 bits per heavy atom. The van der Waals surface area contributed by atoms with E-state index in [0.29, 0.717) is 0 Å². The Bertz CT molecular complexity index is 3380. The van der Waals surface area contributed by atoms with Gasteiger partial charge in [0.05, 0.1) is 11.1 Å². The first kappa shape index (κ1) is 34.3. The summed E-state index contributed by atoms with van der Waals surface area (Å²) in [6, 6.07) is 87.4. The Hall–Kier alpha value is -7.74. The Morgan fingerprint density at radius 3 is 1.55 bits per heavy atom. The van der Waals surface area contributed by atoms with Crippen LogP contribution in [0.3, 0.4) is 0 Å². The van der Waals surface area contributed by atoms with E-state index < -0.39 is 5.41 Å². The van der Waals surface area contributed by atoms with Crippen molar-refractivity contribution in [3.63, 3.8) is 0 Å². The fourth-order valence-corrected chi connectivity index (χ4v) is 10.3. The van der Waals surface area contributed by atoms with Crippen LogP contribution in [0, 0.1) is 0 Å². The van der Waals surface area contributed by atoms with Crippen molar-refractivity contribution < 1.29 is 0 Å². The molecule has 280 valence electrons. The van der Waals surface area contributed by atoms with Crippen LogP contribution in [0.1, 0.15) is 22.3 Å². The molecule has 1 nitrogen and oxygen atoms in total. The predicted octanol–water partition coefficient (Wildman–Crippen LogP) is 15.8. The molecule has 0 radical (unpaired) electrons. The van der Waals surface area contributed by atoms with Crippen LogP contribution in [0.25, 0.3) is 65.3 Å². The largest absolute Gasteiger partial charge is 0.310 e. The summed E-state index contributed by atoms with van der Waals surface area (Å²) in [4.78, 5) is 2.46. The Labute approximate surface area is 350 Å². The minimum atomic E-state index is -0.496. The quantitative estimate of drug-likeness (QED) is 0.153. The van der Waals surface area contributed by atoms with Crippen molar-refractivity contribution in [2.24, 2.45) is 0 Å². The summed E-state index contributed by atoms with van der Waals surface area (Å²) in [7, 11) is 0. The highest BCUT2D eigenvalue weighted by Gasteiger charge is 2.47. The van der Waals surface area contributed by atoms with Crippen molar-refractivity contribution in [3.8, 4) is 22.3 Å². The maximum Gasteiger partial charge on any atom is 0.0713 e. The summed E-state index contributed by atoms with van der Waals surface area (Å²) < 4.78 is 0. The number of hydrogen-bond acceptors (Lipinski definition) is 1. The molecule has 60 heavy (non-hydrogen) atoms. The van der Waals surface area contributed by atoms with Gasteiger partial charge in [-0.3, -0.25) is 0 Å². The van der Waals surface area contributed by atoms with Crippen LogP contribution in [0.15, 0.2) is 237 Å². The van der Waals surface area contributed by atoms with E-state index in [9.17, 15) is 0 Å². The molecule has 0 bridgehead atoms. The molecular weight excluding hydrogens is 723 g/mol. The highest BCUT2D eigenvalue weighted by Crippen LogP contribution is 2.59. The summed E-state index contributed by atoms with van der Waals surface area (Å²) in [5, 5.41) is 10.0. The third-order valence-electron chi connectivity index (χ3n) is 12.9. The monoisotopic (exact) mass is 761 g/mol. The zero-order valence-corrected chi connectivity index (χ0v) is 33.0. The van der Waals surface area contributed by atoms with E-state index in [-0.39, 0.29) is 0 Å². The first-order chi connectivity index (χ1) is 29.8. The highest BCUT2D eigenvalue weighted by atomic mass is 15.1. The van der Waals surface area contributed by atoms with Gasteiger partial charge in [0.1, 0.15) is 0 Å². The van der Waals surface area contributed by atoms with E-state index >= 15 is 0 Å². The second kappa shape index (κ2) is 13.7. The smallest absolute Gasteiger partial charge is 0.0713 e. The van der Waals surface area contributed by atoms with Crippen molar-refractivity contribution in [1.29, 1.82) is 0 Å². The standard InChI is InChI=1S/C59H39N/c1-3-20-44(21-4-1)59(45-22-5-2-6-23-45)55-37-35-47(39-54(55)58-50-26-12-8-17-41(50)32-36-56(58)59)60(57-29-15-19-40-16-7-11-25-49(40)57)46-33-30-42(31-34-46)53-38-43-18-9-10-24-48(43)51-27-13-14-28-52(51)53/h1-39H. The normalized spacial score (nSPS) is 12.8. The first-order valence-corrected chi connectivity index (χ1v) is 20.8. The van der Waals surface area contributed by atoms with Crippen LogP contribution in [0.2, 0.25) is 0 Å². The number of benzene rings is 11. The summed E-state index contributed by atoms with van der Waals surface area (Å²) in [6.07, 6.45) is 0. The number of rotatable bonds is 6. The molecule has 1 aliphatic rings. The van der Waals surface area contributed by atoms with E-state index in [1.54, 1.807) is 0 Å². The van der Waals surface area contributed by atoms with Crippen molar-refractivity contribution in [1.82, 2.24) is 0 Å². The number of fused-ring (bicyclic) bond motifs is 9. The third-order valence-corrected chi connectivity index (χ3v) is 12.9. The van der Waals surface area contributed by atoms with Gasteiger partial charge >= 0.3 is 0 Å². The molecule has 0 aliphatic heterocycles. The van der Waals surface area contributed by atoms with Gasteiger partial charge in [-0.2, -0.15) is 0 Å². The molecular formula is C59H39N. The van der Waals surface area contributed by atoms with Gasteiger partial charge < -0.3 is 4.90 Å². The molecule has 0 amide bonds. The zero-order valence-electron chi connectivity index (χ0n) is 33.0. The summed E-state index contributed by atoms with van der Waals surface area (Å²) >= 11 is 0. The van der Waals surface area contributed by atoms with E-state index in [4.69, 9.17) is 0 Å². The predicted molar refractivity (Wildman–Crippen MR) is 254 cm³/mol. The molecule has 0 saturated carbocycles. The Kier molecular flexibility index (Phi) is 7.83. The molecule has 0 heterocycles. The van der Waals surface area contributed by atoms with Crippen molar-refractivity contribution in [2.45, 2.75) is 5.41 Å². The Balaban J connectivity index is 1.11. The Morgan fingerprint density at radius 2 is 0.833 bits per heavy atom. The summed E-state index contributed by atoms with van der Waals surface area (Å²) in [5.74, 6) is 0. The topological polar surface area (TPSA) is 3.24 Å². The third kappa shape index (κ3) is 5.13. The van der Waals surface area contributed by atoms with E-state index in [1.165, 1.54) is 87.6 Å². The van der Waals surface area contributed by atoms with E-state index in [0.717, 1.165) is 17.1 Å². The van der Waals surface area contributed by atoms with Crippen molar-refractivity contribution in [2.75, 3.05) is 4.90 Å². The number of nitrogens with zero attached hydrogens (tertiary/aromatic N) is 1. The molecule has 0 atom stereocenters. The lowest BCUT2D eigenvalue weighted by molar-refractivity contribution is 0.769. The molecule has 0 spiro atoms. The van der Waals surface area contributed by atoms with Crippen molar-refractivity contribution in [3.05, 3.63) is 259 Å². The number of anilines is 3. The lowest BCUT2D eigenvalue weighted by atomic mass is 9.67. The van der Waals surface area contributed by atoms with Crippen LogP contribution in [-0.4, -0.2) is 0 Å². The van der Waals surface area contributed by atoms with Gasteiger partial charge in [0.25, 0.3) is 0 Å². The molecule has 12 rings (SSSR count). The van der Waals surface area contributed by atoms with Crippen LogP contribution in [0.4, 0.5) is 17.1 Å². The SMILES string of the molecule is c1ccc(C2(c3ccccc3)c3ccc(N(c4ccc(-c5cc6ccccc6c6ccccc56)cc4)c4cccc5ccccc45)cc3-c3c2ccc2ccccc32)cc1. The van der Waals surface area contributed by atoms with Crippen LogP contribution in [0.5, 0.6) is 0 Å². The van der Waals surface area contributed by atoms with E-state index in [1.807, 2.05) is 0 Å².